The Morgan fingerprint density at radius 2 is 2.17 bits per heavy atom. The molecule has 98 valence electrons. The Hall–Kier alpha value is -1.56. The first-order chi connectivity index (χ1) is 8.41. The zero-order valence-corrected chi connectivity index (χ0v) is 11.1. The van der Waals surface area contributed by atoms with Crippen molar-refractivity contribution in [1.29, 1.82) is 0 Å². The number of nitro groups is 1. The Kier molecular flexibility index (Phi) is 5.15. The Balaban J connectivity index is 2.87. The van der Waals surface area contributed by atoms with Gasteiger partial charge in [0.15, 0.2) is 0 Å². The van der Waals surface area contributed by atoms with Crippen LogP contribution in [0.25, 0.3) is 0 Å². The third-order valence-electron chi connectivity index (χ3n) is 2.36. The van der Waals surface area contributed by atoms with Gasteiger partial charge in [-0.25, -0.2) is 4.79 Å². The van der Waals surface area contributed by atoms with E-state index in [1.54, 1.807) is 6.07 Å². The summed E-state index contributed by atoms with van der Waals surface area (Å²) in [6, 6.07) is 4.23. The molecular formula is C12H15NO4S. The minimum Gasteiger partial charge on any atom is -0.477 e. The molecular weight excluding hydrogens is 254 g/mol. The number of carbonyl (C=O) groups is 1. The van der Waals surface area contributed by atoms with Crippen LogP contribution in [0.4, 0.5) is 5.69 Å². The third-order valence-corrected chi connectivity index (χ3v) is 3.39. The maximum absolute atomic E-state index is 10.8. The molecule has 6 heteroatoms. The summed E-state index contributed by atoms with van der Waals surface area (Å²) >= 11 is 1.50. The molecule has 0 aliphatic carbocycles. The van der Waals surface area contributed by atoms with Crippen LogP contribution in [0.15, 0.2) is 23.1 Å². The number of hydrogen-bond acceptors (Lipinski definition) is 4. The molecule has 0 spiro atoms. The van der Waals surface area contributed by atoms with Crippen molar-refractivity contribution in [3.63, 3.8) is 0 Å². The van der Waals surface area contributed by atoms with Gasteiger partial charge in [-0.05, 0) is 30.2 Å². The number of benzene rings is 1. The van der Waals surface area contributed by atoms with E-state index in [1.807, 2.05) is 0 Å². The van der Waals surface area contributed by atoms with Crippen molar-refractivity contribution >= 4 is 23.4 Å². The summed E-state index contributed by atoms with van der Waals surface area (Å²) in [7, 11) is 0. The van der Waals surface area contributed by atoms with Gasteiger partial charge in [-0.3, -0.25) is 10.1 Å². The second-order valence-corrected chi connectivity index (χ2v) is 5.44. The van der Waals surface area contributed by atoms with Gasteiger partial charge in [0.2, 0.25) is 0 Å². The number of nitro benzene ring substituents is 1. The molecule has 0 saturated heterocycles. The highest BCUT2D eigenvalue weighted by atomic mass is 32.2. The Morgan fingerprint density at radius 3 is 2.67 bits per heavy atom. The molecule has 0 aromatic heterocycles. The average Bonchev–Trinajstić information content (AvgIpc) is 2.28. The maximum atomic E-state index is 10.8. The number of carboxylic acids is 1. The molecule has 5 nitrogen and oxygen atoms in total. The van der Waals surface area contributed by atoms with Crippen molar-refractivity contribution < 1.29 is 14.8 Å². The van der Waals surface area contributed by atoms with Crippen LogP contribution in [-0.2, 0) is 0 Å². The van der Waals surface area contributed by atoms with Gasteiger partial charge in [-0.1, -0.05) is 13.8 Å². The van der Waals surface area contributed by atoms with Crippen molar-refractivity contribution in [2.45, 2.75) is 25.2 Å². The summed E-state index contributed by atoms with van der Waals surface area (Å²) in [6.07, 6.45) is 1.01. The molecule has 1 aromatic rings. The number of nitrogens with zero attached hydrogens (tertiary/aromatic N) is 1. The first kappa shape index (κ1) is 14.5. The highest BCUT2D eigenvalue weighted by Gasteiger charge is 2.19. The summed E-state index contributed by atoms with van der Waals surface area (Å²) in [5.74, 6) is 0.160. The molecule has 1 aromatic carbocycles. The first-order valence-electron chi connectivity index (χ1n) is 5.56. The lowest BCUT2D eigenvalue weighted by Gasteiger charge is -2.05. The van der Waals surface area contributed by atoms with Crippen molar-refractivity contribution in [2.75, 3.05) is 5.75 Å². The molecule has 0 aliphatic heterocycles. The smallest absolute Gasteiger partial charge is 0.342 e. The monoisotopic (exact) mass is 269 g/mol. The average molecular weight is 269 g/mol. The number of rotatable bonds is 6. The zero-order valence-electron chi connectivity index (χ0n) is 10.3. The molecule has 18 heavy (non-hydrogen) atoms. The van der Waals surface area contributed by atoms with Crippen molar-refractivity contribution in [1.82, 2.24) is 0 Å². The van der Waals surface area contributed by atoms with Crippen molar-refractivity contribution in [2.24, 2.45) is 5.92 Å². The highest BCUT2D eigenvalue weighted by molar-refractivity contribution is 7.99. The lowest BCUT2D eigenvalue weighted by molar-refractivity contribution is -0.385. The molecule has 0 atom stereocenters. The van der Waals surface area contributed by atoms with Crippen LogP contribution >= 0.6 is 11.8 Å². The van der Waals surface area contributed by atoms with E-state index in [2.05, 4.69) is 13.8 Å². The van der Waals surface area contributed by atoms with Crippen LogP contribution in [0.1, 0.15) is 30.6 Å². The fourth-order valence-corrected chi connectivity index (χ4v) is 2.53. The largest absolute Gasteiger partial charge is 0.477 e. The molecule has 0 amide bonds. The molecule has 0 fully saturated rings. The van der Waals surface area contributed by atoms with Gasteiger partial charge in [0.1, 0.15) is 5.56 Å². The molecule has 0 aliphatic rings. The molecule has 0 saturated carbocycles. The van der Waals surface area contributed by atoms with Crippen molar-refractivity contribution in [3.8, 4) is 0 Å². The summed E-state index contributed by atoms with van der Waals surface area (Å²) in [6.45, 7) is 4.22. The van der Waals surface area contributed by atoms with Gasteiger partial charge in [-0.15, -0.1) is 11.8 Å². The minimum absolute atomic E-state index is 0.270. The van der Waals surface area contributed by atoms with Gasteiger partial charge >= 0.3 is 5.97 Å². The Morgan fingerprint density at radius 1 is 1.50 bits per heavy atom. The van der Waals surface area contributed by atoms with Crippen LogP contribution < -0.4 is 0 Å². The van der Waals surface area contributed by atoms with Crippen molar-refractivity contribution in [3.05, 3.63) is 33.9 Å². The summed E-state index contributed by atoms with van der Waals surface area (Å²) < 4.78 is 0. The second kappa shape index (κ2) is 6.39. The Bertz CT molecular complexity index is 459. The maximum Gasteiger partial charge on any atom is 0.342 e. The SMILES string of the molecule is CC(C)CCSc1ccc(C(=O)O)c([N+](=O)[O-])c1. The molecule has 0 radical (unpaired) electrons. The summed E-state index contributed by atoms with van der Waals surface area (Å²) in [4.78, 5) is 21.7. The molecule has 1 rings (SSSR count). The third kappa shape index (κ3) is 4.03. The predicted molar refractivity (Wildman–Crippen MR) is 70.2 cm³/mol. The summed E-state index contributed by atoms with van der Waals surface area (Å²) in [5.41, 5.74) is -0.620. The van der Waals surface area contributed by atoms with Gasteiger partial charge in [-0.2, -0.15) is 0 Å². The van der Waals surface area contributed by atoms with E-state index in [0.717, 1.165) is 17.1 Å². The summed E-state index contributed by atoms with van der Waals surface area (Å²) in [5, 5.41) is 19.6. The van der Waals surface area contributed by atoms with Gasteiger partial charge in [0.25, 0.3) is 5.69 Å². The van der Waals surface area contributed by atoms with Crippen LogP contribution in [-0.4, -0.2) is 21.8 Å². The quantitative estimate of drug-likeness (QED) is 0.486. The number of hydrogen-bond donors (Lipinski definition) is 1. The van der Waals surface area contributed by atoms with E-state index in [-0.39, 0.29) is 11.3 Å². The fourth-order valence-electron chi connectivity index (χ4n) is 1.35. The van der Waals surface area contributed by atoms with Crippen LogP contribution in [0, 0.1) is 16.0 Å². The van der Waals surface area contributed by atoms with Gasteiger partial charge < -0.3 is 5.11 Å². The van der Waals surface area contributed by atoms with Crippen LogP contribution in [0.3, 0.4) is 0 Å². The van der Waals surface area contributed by atoms with Crippen LogP contribution in [0.5, 0.6) is 0 Å². The van der Waals surface area contributed by atoms with E-state index < -0.39 is 10.9 Å². The predicted octanol–water partition coefficient (Wildman–Crippen LogP) is 3.43. The first-order valence-corrected chi connectivity index (χ1v) is 6.55. The van der Waals surface area contributed by atoms with Gasteiger partial charge in [0, 0.05) is 11.0 Å². The number of aromatic carboxylic acids is 1. The van der Waals surface area contributed by atoms with E-state index in [4.69, 9.17) is 5.11 Å². The van der Waals surface area contributed by atoms with E-state index >= 15 is 0 Å². The lowest BCUT2D eigenvalue weighted by atomic mass is 10.2. The normalized spacial score (nSPS) is 10.6. The van der Waals surface area contributed by atoms with Gasteiger partial charge in [0.05, 0.1) is 4.92 Å². The molecule has 1 N–H and O–H groups in total. The number of carboxylic acid groups (broad SMARTS) is 1. The van der Waals surface area contributed by atoms with E-state index in [1.165, 1.54) is 23.9 Å². The zero-order chi connectivity index (χ0) is 13.7. The number of thioether (sulfide) groups is 1. The minimum atomic E-state index is -1.28. The molecule has 0 unspecified atom stereocenters. The standard InChI is InChI=1S/C12H15NO4S/c1-8(2)5-6-18-9-3-4-10(12(14)15)11(7-9)13(16)17/h3-4,7-8H,5-6H2,1-2H3,(H,14,15). The van der Waals surface area contributed by atoms with E-state index in [9.17, 15) is 14.9 Å². The fraction of sp³-hybridized carbons (Fsp3) is 0.417. The second-order valence-electron chi connectivity index (χ2n) is 4.27. The van der Waals surface area contributed by atoms with E-state index in [0.29, 0.717) is 5.92 Å². The lowest BCUT2D eigenvalue weighted by Crippen LogP contribution is -2.02. The molecule has 0 bridgehead atoms. The molecule has 0 heterocycles. The Labute approximate surface area is 109 Å². The topological polar surface area (TPSA) is 80.4 Å². The highest BCUT2D eigenvalue weighted by Crippen LogP contribution is 2.27. The van der Waals surface area contributed by atoms with Crippen LogP contribution in [0.2, 0.25) is 0 Å².